The zero-order valence-corrected chi connectivity index (χ0v) is 15.7. The van der Waals surface area contributed by atoms with Crippen LogP contribution < -0.4 is 26.4 Å². The van der Waals surface area contributed by atoms with E-state index in [9.17, 15) is 9.59 Å². The number of hydrogen-bond donors (Lipinski definition) is 4. The summed E-state index contributed by atoms with van der Waals surface area (Å²) < 4.78 is 5.85. The lowest BCUT2D eigenvalue weighted by Gasteiger charge is -2.25. The number of ether oxygens (including phenoxy) is 1. The minimum atomic E-state index is -0.672. The molecular weight excluding hydrogens is 356 g/mol. The molecule has 1 fully saturated rings. The van der Waals surface area contributed by atoms with Crippen LogP contribution >= 0.6 is 0 Å². The molecule has 0 bridgehead atoms. The Bertz CT molecular complexity index is 791. The van der Waals surface area contributed by atoms with Gasteiger partial charge in [-0.3, -0.25) is 4.79 Å². The monoisotopic (exact) mass is 382 g/mol. The Labute approximate surface area is 164 Å². The highest BCUT2D eigenvalue weighted by molar-refractivity contribution is 5.79. The van der Waals surface area contributed by atoms with E-state index in [1.807, 2.05) is 54.6 Å². The van der Waals surface area contributed by atoms with Gasteiger partial charge in [0, 0.05) is 6.04 Å². The summed E-state index contributed by atoms with van der Waals surface area (Å²) >= 11 is 0. The average molecular weight is 382 g/mol. The van der Waals surface area contributed by atoms with Crippen LogP contribution in [0.5, 0.6) is 11.5 Å². The minimum absolute atomic E-state index is 0.111. The lowest BCUT2D eigenvalue weighted by atomic mass is 10.0. The third kappa shape index (κ3) is 5.99. The maximum absolute atomic E-state index is 12.5. The fraction of sp³-hybridized carbons (Fsp3) is 0.333. The van der Waals surface area contributed by atoms with Crippen molar-refractivity contribution < 1.29 is 14.3 Å². The Morgan fingerprint density at radius 2 is 1.79 bits per heavy atom. The Morgan fingerprint density at radius 3 is 2.50 bits per heavy atom. The van der Waals surface area contributed by atoms with Crippen molar-refractivity contribution in [1.82, 2.24) is 16.0 Å². The normalized spacial score (nSPS) is 15.4. The average Bonchev–Trinajstić information content (AvgIpc) is 2.69. The highest BCUT2D eigenvalue weighted by Gasteiger charge is 2.21. The molecule has 0 aromatic heterocycles. The molecule has 0 aliphatic carbocycles. The number of carbonyl (C=O) groups excluding carboxylic acids is 2. The first-order valence-electron chi connectivity index (χ1n) is 9.49. The summed E-state index contributed by atoms with van der Waals surface area (Å²) in [5.41, 5.74) is 6.09. The van der Waals surface area contributed by atoms with Gasteiger partial charge in [-0.2, -0.15) is 0 Å². The second-order valence-corrected chi connectivity index (χ2v) is 6.84. The van der Waals surface area contributed by atoms with Crippen LogP contribution in [0.2, 0.25) is 0 Å². The van der Waals surface area contributed by atoms with E-state index in [1.165, 1.54) is 0 Å². The summed E-state index contributed by atoms with van der Waals surface area (Å²) in [5.74, 6) is 1.22. The molecule has 1 atom stereocenters. The second kappa shape index (κ2) is 9.75. The number of amides is 3. The zero-order valence-electron chi connectivity index (χ0n) is 15.7. The first kappa shape index (κ1) is 19.7. The molecule has 5 N–H and O–H groups in total. The van der Waals surface area contributed by atoms with Crippen LogP contribution in [0.4, 0.5) is 4.79 Å². The largest absolute Gasteiger partial charge is 0.457 e. The smallest absolute Gasteiger partial charge is 0.312 e. The molecule has 0 saturated carbocycles. The molecular formula is C21H26N4O3. The van der Waals surface area contributed by atoms with E-state index < -0.39 is 12.1 Å². The number of primary amides is 1. The van der Waals surface area contributed by atoms with Crippen LogP contribution in [0.3, 0.4) is 0 Å². The van der Waals surface area contributed by atoms with Crippen molar-refractivity contribution in [2.24, 2.45) is 5.73 Å². The number of nitrogens with two attached hydrogens (primary N) is 1. The van der Waals surface area contributed by atoms with Crippen LogP contribution in [0.15, 0.2) is 54.6 Å². The quantitative estimate of drug-likeness (QED) is 0.590. The molecule has 7 nitrogen and oxygen atoms in total. The number of urea groups is 1. The minimum Gasteiger partial charge on any atom is -0.457 e. The van der Waals surface area contributed by atoms with Gasteiger partial charge in [-0.1, -0.05) is 30.3 Å². The van der Waals surface area contributed by atoms with E-state index in [1.54, 1.807) is 0 Å². The van der Waals surface area contributed by atoms with Crippen molar-refractivity contribution in [2.75, 3.05) is 13.1 Å². The summed E-state index contributed by atoms with van der Waals surface area (Å²) in [4.78, 5) is 24.0. The van der Waals surface area contributed by atoms with Crippen LogP contribution in [-0.4, -0.2) is 31.1 Å². The summed E-state index contributed by atoms with van der Waals surface area (Å²) in [6, 6.07) is 15.7. The van der Waals surface area contributed by atoms with E-state index in [-0.39, 0.29) is 18.4 Å². The summed E-state index contributed by atoms with van der Waals surface area (Å²) in [7, 11) is 0. The van der Waals surface area contributed by atoms with E-state index in [0.717, 1.165) is 31.5 Å². The van der Waals surface area contributed by atoms with Crippen LogP contribution in [-0.2, 0) is 4.79 Å². The predicted molar refractivity (Wildman–Crippen MR) is 107 cm³/mol. The van der Waals surface area contributed by atoms with Crippen molar-refractivity contribution in [2.45, 2.75) is 31.3 Å². The zero-order chi connectivity index (χ0) is 19.8. The van der Waals surface area contributed by atoms with Gasteiger partial charge in [-0.15, -0.1) is 0 Å². The van der Waals surface area contributed by atoms with Gasteiger partial charge in [0.25, 0.3) is 0 Å². The van der Waals surface area contributed by atoms with Crippen molar-refractivity contribution in [3.8, 4) is 11.5 Å². The molecule has 148 valence electrons. The number of carbonyl (C=O) groups is 2. The highest BCUT2D eigenvalue weighted by Crippen LogP contribution is 2.26. The standard InChI is InChI=1S/C21H26N4O3/c22-21(27)25-19(14-20(26)24-16-9-11-23-12-10-16)15-5-4-8-18(13-15)28-17-6-2-1-3-7-17/h1-8,13,16,19,23H,9-12,14H2,(H,24,26)(H3,22,25,27). The molecule has 1 saturated heterocycles. The molecule has 1 unspecified atom stereocenters. The summed E-state index contributed by atoms with van der Waals surface area (Å²) in [6.45, 7) is 1.79. The molecule has 0 spiro atoms. The molecule has 1 aliphatic rings. The number of para-hydroxylation sites is 1. The number of rotatable bonds is 7. The third-order valence-corrected chi connectivity index (χ3v) is 4.65. The van der Waals surface area contributed by atoms with Crippen molar-refractivity contribution in [1.29, 1.82) is 0 Å². The lowest BCUT2D eigenvalue weighted by Crippen LogP contribution is -2.44. The molecule has 2 aromatic carbocycles. The topological polar surface area (TPSA) is 105 Å². The van der Waals surface area contributed by atoms with Crippen LogP contribution in [0.1, 0.15) is 30.9 Å². The number of piperidine rings is 1. The van der Waals surface area contributed by atoms with Gasteiger partial charge in [-0.05, 0) is 55.8 Å². The Hall–Kier alpha value is -3.06. The molecule has 7 heteroatoms. The van der Waals surface area contributed by atoms with Gasteiger partial charge >= 0.3 is 6.03 Å². The maximum atomic E-state index is 12.5. The van der Waals surface area contributed by atoms with E-state index >= 15 is 0 Å². The van der Waals surface area contributed by atoms with Gasteiger partial charge in [-0.25, -0.2) is 4.79 Å². The molecule has 28 heavy (non-hydrogen) atoms. The highest BCUT2D eigenvalue weighted by atomic mass is 16.5. The number of benzene rings is 2. The predicted octanol–water partition coefficient (Wildman–Crippen LogP) is 2.45. The van der Waals surface area contributed by atoms with Gasteiger partial charge in [0.05, 0.1) is 12.5 Å². The molecule has 1 aliphatic heterocycles. The Morgan fingerprint density at radius 1 is 1.07 bits per heavy atom. The Balaban J connectivity index is 1.69. The molecule has 2 aromatic rings. The van der Waals surface area contributed by atoms with Crippen molar-refractivity contribution >= 4 is 11.9 Å². The SMILES string of the molecule is NC(=O)NC(CC(=O)NC1CCNCC1)c1cccc(Oc2ccccc2)c1. The van der Waals surface area contributed by atoms with Crippen molar-refractivity contribution in [3.63, 3.8) is 0 Å². The fourth-order valence-electron chi connectivity index (χ4n) is 3.28. The first-order chi connectivity index (χ1) is 13.6. The van der Waals surface area contributed by atoms with E-state index in [0.29, 0.717) is 11.5 Å². The van der Waals surface area contributed by atoms with Crippen molar-refractivity contribution in [3.05, 3.63) is 60.2 Å². The summed E-state index contributed by atoms with van der Waals surface area (Å²) in [6.07, 6.45) is 1.92. The van der Waals surface area contributed by atoms with Gasteiger partial charge in [0.15, 0.2) is 0 Å². The van der Waals surface area contributed by atoms with Crippen LogP contribution in [0, 0.1) is 0 Å². The Kier molecular flexibility index (Phi) is 6.86. The second-order valence-electron chi connectivity index (χ2n) is 6.84. The van der Waals surface area contributed by atoms with Gasteiger partial charge < -0.3 is 26.4 Å². The molecule has 1 heterocycles. The summed E-state index contributed by atoms with van der Waals surface area (Å²) in [5, 5.41) is 8.98. The van der Waals surface area contributed by atoms with Gasteiger partial charge in [0.2, 0.25) is 5.91 Å². The van der Waals surface area contributed by atoms with Gasteiger partial charge in [0.1, 0.15) is 11.5 Å². The fourth-order valence-corrected chi connectivity index (χ4v) is 3.28. The number of hydrogen-bond acceptors (Lipinski definition) is 4. The van der Waals surface area contributed by atoms with Crippen LogP contribution in [0.25, 0.3) is 0 Å². The third-order valence-electron chi connectivity index (χ3n) is 4.65. The molecule has 3 amide bonds. The van der Waals surface area contributed by atoms with E-state index in [2.05, 4.69) is 16.0 Å². The lowest BCUT2D eigenvalue weighted by molar-refractivity contribution is -0.122. The van der Waals surface area contributed by atoms with E-state index in [4.69, 9.17) is 10.5 Å². The molecule has 3 rings (SSSR count). The maximum Gasteiger partial charge on any atom is 0.312 e. The first-order valence-corrected chi connectivity index (χ1v) is 9.49. The number of nitrogens with one attached hydrogen (secondary N) is 3. The molecule has 0 radical (unpaired) electrons.